The highest BCUT2D eigenvalue weighted by Crippen LogP contribution is 2.22. The van der Waals surface area contributed by atoms with Crippen molar-refractivity contribution in [3.63, 3.8) is 0 Å². The van der Waals surface area contributed by atoms with Gasteiger partial charge in [-0.15, -0.1) is 0 Å². The summed E-state index contributed by atoms with van der Waals surface area (Å²) in [5.41, 5.74) is 5.85. The zero-order chi connectivity index (χ0) is 16.5. The largest absolute Gasteiger partial charge is 0.399 e. The molecule has 1 saturated heterocycles. The van der Waals surface area contributed by atoms with Crippen molar-refractivity contribution in [1.29, 1.82) is 0 Å². The predicted octanol–water partition coefficient (Wildman–Crippen LogP) is -2.65. The quantitative estimate of drug-likeness (QED) is 0.325. The first-order valence-electron chi connectivity index (χ1n) is 6.44. The first-order valence-corrected chi connectivity index (χ1v) is 7.93. The Balaban J connectivity index is 2.20. The van der Waals surface area contributed by atoms with Crippen LogP contribution in [0.15, 0.2) is 29.2 Å². The molecule has 0 radical (unpaired) electrons. The summed E-state index contributed by atoms with van der Waals surface area (Å²) >= 11 is 0. The van der Waals surface area contributed by atoms with Gasteiger partial charge in [0.25, 0.3) is 0 Å². The summed E-state index contributed by atoms with van der Waals surface area (Å²) in [6.45, 7) is -0.632. The van der Waals surface area contributed by atoms with Crippen molar-refractivity contribution in [2.24, 2.45) is 0 Å². The molecule has 10 heteroatoms. The summed E-state index contributed by atoms with van der Waals surface area (Å²) in [5.74, 6) is 0. The molecule has 1 heterocycles. The highest BCUT2D eigenvalue weighted by Gasteiger charge is 2.45. The van der Waals surface area contributed by atoms with Crippen LogP contribution in [0.2, 0.25) is 0 Å². The predicted molar refractivity (Wildman–Crippen MR) is 74.9 cm³/mol. The third kappa shape index (κ3) is 3.38. The van der Waals surface area contributed by atoms with E-state index in [1.807, 2.05) is 0 Å². The van der Waals surface area contributed by atoms with Gasteiger partial charge in [-0.05, 0) is 24.3 Å². The van der Waals surface area contributed by atoms with Crippen molar-refractivity contribution in [1.82, 2.24) is 4.72 Å². The molecule has 0 amide bonds. The van der Waals surface area contributed by atoms with E-state index in [4.69, 9.17) is 15.6 Å². The Kier molecular flexibility index (Phi) is 5.02. The molecule has 1 aliphatic rings. The van der Waals surface area contributed by atoms with Gasteiger partial charge in [0.2, 0.25) is 10.0 Å². The summed E-state index contributed by atoms with van der Waals surface area (Å²) in [5, 5.41) is 38.4. The van der Waals surface area contributed by atoms with Crippen molar-refractivity contribution in [2.45, 2.75) is 35.5 Å². The van der Waals surface area contributed by atoms with Crippen LogP contribution in [0.5, 0.6) is 0 Å². The second kappa shape index (κ2) is 6.46. The lowest BCUT2D eigenvalue weighted by molar-refractivity contribution is -0.251. The molecule has 7 N–H and O–H groups in total. The minimum absolute atomic E-state index is 0.125. The Bertz CT molecular complexity index is 606. The molecule has 5 atom stereocenters. The lowest BCUT2D eigenvalue weighted by atomic mass is 9.98. The van der Waals surface area contributed by atoms with Gasteiger partial charge in [0.15, 0.2) is 6.29 Å². The van der Waals surface area contributed by atoms with Crippen LogP contribution in [0.25, 0.3) is 0 Å². The maximum atomic E-state index is 12.2. The molecule has 0 unspecified atom stereocenters. The molecule has 0 spiro atoms. The van der Waals surface area contributed by atoms with E-state index in [0.717, 1.165) is 0 Å². The zero-order valence-corrected chi connectivity index (χ0v) is 12.2. The number of nitrogens with two attached hydrogens (primary N) is 1. The summed E-state index contributed by atoms with van der Waals surface area (Å²) in [6.07, 6.45) is -6.13. The van der Waals surface area contributed by atoms with Gasteiger partial charge in [-0.3, -0.25) is 0 Å². The lowest BCUT2D eigenvalue weighted by Crippen LogP contribution is -2.64. The molecule has 0 aliphatic carbocycles. The van der Waals surface area contributed by atoms with Gasteiger partial charge in [-0.1, -0.05) is 0 Å². The first kappa shape index (κ1) is 17.1. The number of aliphatic hydroxyl groups is 4. The third-order valence-corrected chi connectivity index (χ3v) is 4.86. The first-order chi connectivity index (χ1) is 10.3. The van der Waals surface area contributed by atoms with E-state index in [-0.39, 0.29) is 4.90 Å². The number of ether oxygens (including phenoxy) is 1. The number of hydrogen-bond donors (Lipinski definition) is 6. The number of nitrogens with one attached hydrogen (secondary N) is 1. The highest BCUT2D eigenvalue weighted by atomic mass is 32.2. The minimum atomic E-state index is -4.07. The van der Waals surface area contributed by atoms with Crippen LogP contribution in [0.4, 0.5) is 5.69 Å². The fourth-order valence-electron chi connectivity index (χ4n) is 2.12. The number of hydrogen-bond acceptors (Lipinski definition) is 8. The van der Waals surface area contributed by atoms with Crippen LogP contribution in [0, 0.1) is 0 Å². The Morgan fingerprint density at radius 3 is 2.27 bits per heavy atom. The maximum Gasteiger partial charge on any atom is 0.241 e. The molecule has 124 valence electrons. The average molecular weight is 334 g/mol. The molecule has 1 fully saturated rings. The molecule has 0 bridgehead atoms. The Morgan fingerprint density at radius 1 is 1.14 bits per heavy atom. The molecule has 0 aromatic heterocycles. The standard InChI is InChI=1S/C12H18N2O7S/c13-6-1-3-7(4-2-6)22(19,20)14-9-11(17)10(16)8(5-15)21-12(9)18/h1-4,8-12,14-18H,5,13H2/t8-,9+,10+,11+,12+/m0/s1. The summed E-state index contributed by atoms with van der Waals surface area (Å²) in [6, 6.07) is 3.80. The number of rotatable bonds is 4. The molecule has 1 aliphatic heterocycles. The fourth-order valence-corrected chi connectivity index (χ4v) is 3.36. The van der Waals surface area contributed by atoms with Gasteiger partial charge in [-0.2, -0.15) is 0 Å². The maximum absolute atomic E-state index is 12.2. The van der Waals surface area contributed by atoms with Crippen LogP contribution in [0.3, 0.4) is 0 Å². The molecule has 0 saturated carbocycles. The summed E-state index contributed by atoms with van der Waals surface area (Å²) in [4.78, 5) is -0.125. The van der Waals surface area contributed by atoms with Crippen molar-refractivity contribution in [3.05, 3.63) is 24.3 Å². The SMILES string of the molecule is Nc1ccc(S(=O)(=O)N[C@@H]2[C@@H](O)[C@H](O)[C@H](CO)O[C@H]2O)cc1. The summed E-state index contributed by atoms with van der Waals surface area (Å²) in [7, 11) is -4.07. The molecular formula is C12H18N2O7S. The van der Waals surface area contributed by atoms with Gasteiger partial charge >= 0.3 is 0 Å². The molecule has 2 rings (SSSR count). The van der Waals surface area contributed by atoms with Crippen molar-refractivity contribution < 1.29 is 33.6 Å². The lowest BCUT2D eigenvalue weighted by Gasteiger charge is -2.40. The number of benzene rings is 1. The Hall–Kier alpha value is -1.27. The average Bonchev–Trinajstić information content (AvgIpc) is 2.48. The normalized spacial score (nSPS) is 32.8. The number of anilines is 1. The Labute approximate surface area is 127 Å². The van der Waals surface area contributed by atoms with Gasteiger partial charge in [0.1, 0.15) is 24.4 Å². The van der Waals surface area contributed by atoms with Crippen LogP contribution < -0.4 is 10.5 Å². The molecule has 22 heavy (non-hydrogen) atoms. The van der Waals surface area contributed by atoms with Gasteiger partial charge in [-0.25, -0.2) is 13.1 Å². The molecular weight excluding hydrogens is 316 g/mol. The smallest absolute Gasteiger partial charge is 0.241 e. The van der Waals surface area contributed by atoms with Crippen molar-refractivity contribution in [2.75, 3.05) is 12.3 Å². The van der Waals surface area contributed by atoms with Crippen LogP contribution in [-0.2, 0) is 14.8 Å². The van der Waals surface area contributed by atoms with Crippen molar-refractivity contribution in [3.8, 4) is 0 Å². The van der Waals surface area contributed by atoms with Crippen molar-refractivity contribution >= 4 is 15.7 Å². The monoisotopic (exact) mass is 334 g/mol. The van der Waals surface area contributed by atoms with E-state index in [2.05, 4.69) is 4.72 Å². The summed E-state index contributed by atoms with van der Waals surface area (Å²) < 4.78 is 31.4. The molecule has 1 aromatic carbocycles. The minimum Gasteiger partial charge on any atom is -0.399 e. The van der Waals surface area contributed by atoms with E-state index >= 15 is 0 Å². The second-order valence-electron chi connectivity index (χ2n) is 4.94. The van der Waals surface area contributed by atoms with E-state index in [1.165, 1.54) is 24.3 Å². The second-order valence-corrected chi connectivity index (χ2v) is 6.66. The fraction of sp³-hybridized carbons (Fsp3) is 0.500. The third-order valence-electron chi connectivity index (χ3n) is 3.38. The van der Waals surface area contributed by atoms with Crippen LogP contribution in [-0.4, -0.2) is 66.1 Å². The zero-order valence-electron chi connectivity index (χ0n) is 11.4. The topological polar surface area (TPSA) is 162 Å². The van der Waals surface area contributed by atoms with Gasteiger partial charge in [0.05, 0.1) is 11.5 Å². The van der Waals surface area contributed by atoms with Crippen LogP contribution >= 0.6 is 0 Å². The molecule has 9 nitrogen and oxygen atoms in total. The van der Waals surface area contributed by atoms with E-state index in [0.29, 0.717) is 5.69 Å². The van der Waals surface area contributed by atoms with Gasteiger partial charge < -0.3 is 30.9 Å². The molecule has 1 aromatic rings. The highest BCUT2D eigenvalue weighted by molar-refractivity contribution is 7.89. The van der Waals surface area contributed by atoms with Gasteiger partial charge in [0, 0.05) is 5.69 Å². The number of sulfonamides is 1. The van der Waals surface area contributed by atoms with Crippen LogP contribution in [0.1, 0.15) is 0 Å². The van der Waals surface area contributed by atoms with E-state index in [1.54, 1.807) is 0 Å². The van der Waals surface area contributed by atoms with E-state index in [9.17, 15) is 23.7 Å². The number of nitrogen functional groups attached to an aromatic ring is 1. The Morgan fingerprint density at radius 2 is 1.73 bits per heavy atom. The number of aliphatic hydroxyl groups excluding tert-OH is 4. The van der Waals surface area contributed by atoms with E-state index < -0.39 is 47.3 Å².